The smallest absolute Gasteiger partial charge is 0.142 e. The molecule has 0 unspecified atom stereocenters. The number of ether oxygens (including phenoxy) is 2. The third-order valence-corrected chi connectivity index (χ3v) is 3.91. The summed E-state index contributed by atoms with van der Waals surface area (Å²) in [5.74, 6) is 1.33. The first-order valence-electron chi connectivity index (χ1n) is 5.67. The lowest BCUT2D eigenvalue weighted by molar-refractivity contribution is 0.0259. The van der Waals surface area contributed by atoms with Gasteiger partial charge in [-0.15, -0.1) is 0 Å². The second-order valence-corrected chi connectivity index (χ2v) is 4.69. The fourth-order valence-corrected chi connectivity index (χ4v) is 2.56. The first-order valence-corrected chi connectivity index (χ1v) is 6.46. The Hall–Kier alpha value is -0.740. The van der Waals surface area contributed by atoms with Gasteiger partial charge in [-0.05, 0) is 40.9 Å². The van der Waals surface area contributed by atoms with Gasteiger partial charge in [0.2, 0.25) is 0 Å². The number of benzene rings is 1. The number of hydrogen-bond acceptors (Lipinski definition) is 3. The van der Waals surface area contributed by atoms with E-state index in [-0.39, 0.29) is 0 Å². The van der Waals surface area contributed by atoms with Crippen molar-refractivity contribution in [2.45, 2.75) is 32.3 Å². The average Bonchev–Trinajstić information content (AvgIpc) is 2.37. The summed E-state index contributed by atoms with van der Waals surface area (Å²) < 4.78 is 11.3. The van der Waals surface area contributed by atoms with E-state index in [0.29, 0.717) is 24.3 Å². The first-order chi connectivity index (χ1) is 8.03. The third kappa shape index (κ3) is 2.58. The van der Waals surface area contributed by atoms with Crippen molar-refractivity contribution < 1.29 is 14.6 Å². The quantitative estimate of drug-likeness (QED) is 0.905. The molecule has 0 amide bonds. The summed E-state index contributed by atoms with van der Waals surface area (Å²) in [5.41, 5.74) is -0.0715. The van der Waals surface area contributed by atoms with Crippen LogP contribution in [-0.2, 0) is 5.60 Å². The molecule has 3 nitrogen and oxygen atoms in total. The van der Waals surface area contributed by atoms with Gasteiger partial charge in [0.05, 0.1) is 19.8 Å². The second kappa shape index (κ2) is 5.74. The molecule has 1 rings (SSSR count). The predicted octanol–water partition coefficient (Wildman–Crippen LogP) is 3.47. The summed E-state index contributed by atoms with van der Waals surface area (Å²) in [5, 5.41) is 10.6. The van der Waals surface area contributed by atoms with Crippen LogP contribution in [0.15, 0.2) is 16.6 Å². The van der Waals surface area contributed by atoms with Crippen molar-refractivity contribution in [1.29, 1.82) is 0 Å². The zero-order valence-electron chi connectivity index (χ0n) is 10.7. The van der Waals surface area contributed by atoms with E-state index in [1.165, 1.54) is 0 Å². The van der Waals surface area contributed by atoms with Crippen LogP contribution in [0.3, 0.4) is 0 Å². The van der Waals surface area contributed by atoms with E-state index in [0.717, 1.165) is 10.0 Å². The Kier molecular flexibility index (Phi) is 4.83. The molecule has 0 radical (unpaired) electrons. The largest absolute Gasteiger partial charge is 0.495 e. The summed E-state index contributed by atoms with van der Waals surface area (Å²) in [4.78, 5) is 0. The van der Waals surface area contributed by atoms with Crippen molar-refractivity contribution in [3.05, 3.63) is 22.2 Å². The number of hydrogen-bond donors (Lipinski definition) is 1. The maximum atomic E-state index is 10.6. The number of halogens is 1. The summed E-state index contributed by atoms with van der Waals surface area (Å²) >= 11 is 3.44. The SMILES string of the molecule is CCC(O)(CC)c1ccc(OC)c(Br)c1OC. The minimum Gasteiger partial charge on any atom is -0.495 e. The highest BCUT2D eigenvalue weighted by molar-refractivity contribution is 9.10. The number of rotatable bonds is 5. The van der Waals surface area contributed by atoms with Gasteiger partial charge in [-0.2, -0.15) is 0 Å². The second-order valence-electron chi connectivity index (χ2n) is 3.90. The van der Waals surface area contributed by atoms with Crippen LogP contribution < -0.4 is 9.47 Å². The van der Waals surface area contributed by atoms with Gasteiger partial charge in [0.15, 0.2) is 0 Å². The van der Waals surface area contributed by atoms with E-state index in [9.17, 15) is 5.11 Å². The summed E-state index contributed by atoms with van der Waals surface area (Å²) in [6.07, 6.45) is 1.28. The van der Waals surface area contributed by atoms with Gasteiger partial charge in [-0.3, -0.25) is 0 Å². The van der Waals surface area contributed by atoms with Crippen LogP contribution in [0.2, 0.25) is 0 Å². The van der Waals surface area contributed by atoms with Crippen molar-refractivity contribution in [3.8, 4) is 11.5 Å². The topological polar surface area (TPSA) is 38.7 Å². The molecule has 0 atom stereocenters. The van der Waals surface area contributed by atoms with Crippen LogP contribution in [0.4, 0.5) is 0 Å². The molecule has 4 heteroatoms. The molecule has 0 spiro atoms. The summed E-state index contributed by atoms with van der Waals surface area (Å²) in [6, 6.07) is 3.69. The molecule has 1 aromatic rings. The molecule has 0 heterocycles. The van der Waals surface area contributed by atoms with E-state index in [4.69, 9.17) is 9.47 Å². The van der Waals surface area contributed by atoms with Crippen LogP contribution in [0, 0.1) is 0 Å². The van der Waals surface area contributed by atoms with E-state index in [2.05, 4.69) is 15.9 Å². The fraction of sp³-hybridized carbons (Fsp3) is 0.538. The van der Waals surface area contributed by atoms with Gasteiger partial charge in [0.25, 0.3) is 0 Å². The van der Waals surface area contributed by atoms with E-state index in [1.54, 1.807) is 14.2 Å². The normalized spacial score (nSPS) is 11.4. The summed E-state index contributed by atoms with van der Waals surface area (Å²) in [6.45, 7) is 3.92. The van der Waals surface area contributed by atoms with Gasteiger partial charge in [0, 0.05) is 5.56 Å². The van der Waals surface area contributed by atoms with Crippen molar-refractivity contribution in [2.75, 3.05) is 14.2 Å². The maximum Gasteiger partial charge on any atom is 0.142 e. The average molecular weight is 303 g/mol. The predicted molar refractivity (Wildman–Crippen MR) is 71.7 cm³/mol. The van der Waals surface area contributed by atoms with Crippen molar-refractivity contribution >= 4 is 15.9 Å². The Balaban J connectivity index is 3.39. The minimum atomic E-state index is -0.861. The van der Waals surface area contributed by atoms with E-state index < -0.39 is 5.60 Å². The lowest BCUT2D eigenvalue weighted by Gasteiger charge is -2.28. The molecule has 0 aliphatic carbocycles. The lowest BCUT2D eigenvalue weighted by atomic mass is 9.88. The molecule has 0 aliphatic heterocycles. The monoisotopic (exact) mass is 302 g/mol. The summed E-state index contributed by atoms with van der Waals surface area (Å²) in [7, 11) is 3.19. The third-order valence-electron chi connectivity index (χ3n) is 3.16. The molecule has 17 heavy (non-hydrogen) atoms. The molecule has 0 aromatic heterocycles. The van der Waals surface area contributed by atoms with Gasteiger partial charge in [0.1, 0.15) is 16.0 Å². The van der Waals surface area contributed by atoms with Crippen LogP contribution in [0.25, 0.3) is 0 Å². The standard InChI is InChI=1S/C13H19BrO3/c1-5-13(15,6-2)9-7-8-10(16-3)11(14)12(9)17-4/h7-8,15H,5-6H2,1-4H3. The molecule has 96 valence electrons. The molecule has 1 aromatic carbocycles. The Morgan fingerprint density at radius 1 is 1.18 bits per heavy atom. The first kappa shape index (κ1) is 14.3. The molecular weight excluding hydrogens is 284 g/mol. The highest BCUT2D eigenvalue weighted by Gasteiger charge is 2.30. The van der Waals surface area contributed by atoms with Crippen LogP contribution in [-0.4, -0.2) is 19.3 Å². The van der Waals surface area contributed by atoms with E-state index in [1.807, 2.05) is 26.0 Å². The molecule has 0 bridgehead atoms. The van der Waals surface area contributed by atoms with Crippen molar-refractivity contribution in [2.24, 2.45) is 0 Å². The Labute approximate surface area is 111 Å². The van der Waals surface area contributed by atoms with Crippen LogP contribution in [0.5, 0.6) is 11.5 Å². The van der Waals surface area contributed by atoms with Crippen LogP contribution in [0.1, 0.15) is 32.3 Å². The highest BCUT2D eigenvalue weighted by Crippen LogP contribution is 2.43. The Morgan fingerprint density at radius 3 is 2.18 bits per heavy atom. The molecule has 0 saturated heterocycles. The van der Waals surface area contributed by atoms with Gasteiger partial charge in [-0.1, -0.05) is 13.8 Å². The molecule has 1 N–H and O–H groups in total. The molecule has 0 aliphatic rings. The maximum absolute atomic E-state index is 10.6. The Morgan fingerprint density at radius 2 is 1.76 bits per heavy atom. The fourth-order valence-electron chi connectivity index (χ4n) is 1.89. The molecule has 0 fully saturated rings. The van der Waals surface area contributed by atoms with Crippen molar-refractivity contribution in [3.63, 3.8) is 0 Å². The molecule has 0 saturated carbocycles. The van der Waals surface area contributed by atoms with Crippen LogP contribution >= 0.6 is 15.9 Å². The lowest BCUT2D eigenvalue weighted by Crippen LogP contribution is -2.24. The Bertz CT molecular complexity index is 386. The van der Waals surface area contributed by atoms with E-state index >= 15 is 0 Å². The van der Waals surface area contributed by atoms with Gasteiger partial charge in [-0.25, -0.2) is 0 Å². The molecular formula is C13H19BrO3. The van der Waals surface area contributed by atoms with Gasteiger partial charge < -0.3 is 14.6 Å². The minimum absolute atomic E-state index is 0.635. The highest BCUT2D eigenvalue weighted by atomic mass is 79.9. The van der Waals surface area contributed by atoms with Gasteiger partial charge >= 0.3 is 0 Å². The van der Waals surface area contributed by atoms with Crippen molar-refractivity contribution in [1.82, 2.24) is 0 Å². The zero-order valence-corrected chi connectivity index (χ0v) is 12.3. The number of methoxy groups -OCH3 is 2. The number of aliphatic hydroxyl groups is 1. The zero-order chi connectivity index (χ0) is 13.1.